The highest BCUT2D eigenvalue weighted by Gasteiger charge is 2.24. The summed E-state index contributed by atoms with van der Waals surface area (Å²) in [7, 11) is 3.98. The summed E-state index contributed by atoms with van der Waals surface area (Å²) in [5.41, 5.74) is 5.63. The SMILES string of the molecule is CCN(c1cc(C#CCN(C)C)cc(C(=O)NCc2c(C)cc(C)[nH]c2=O)c1C)C1CCCCC1. The molecular weight excluding hydrogens is 436 g/mol. The average Bonchev–Trinajstić information content (AvgIpc) is 2.80. The Morgan fingerprint density at radius 3 is 2.46 bits per heavy atom. The van der Waals surface area contributed by atoms with Crippen LogP contribution in [-0.2, 0) is 6.54 Å². The number of rotatable bonds is 7. The summed E-state index contributed by atoms with van der Waals surface area (Å²) in [6, 6.07) is 6.44. The van der Waals surface area contributed by atoms with Gasteiger partial charge in [-0.3, -0.25) is 14.5 Å². The molecule has 0 aliphatic heterocycles. The largest absolute Gasteiger partial charge is 0.369 e. The van der Waals surface area contributed by atoms with Crippen LogP contribution in [0.25, 0.3) is 0 Å². The first-order valence-electron chi connectivity index (χ1n) is 12.7. The van der Waals surface area contributed by atoms with Gasteiger partial charge in [-0.25, -0.2) is 0 Å². The number of aromatic nitrogens is 1. The molecule has 1 heterocycles. The maximum absolute atomic E-state index is 13.4. The van der Waals surface area contributed by atoms with E-state index in [-0.39, 0.29) is 18.0 Å². The Balaban J connectivity index is 1.96. The van der Waals surface area contributed by atoms with Crippen molar-refractivity contribution in [3.63, 3.8) is 0 Å². The fourth-order valence-electron chi connectivity index (χ4n) is 4.99. The number of hydrogen-bond donors (Lipinski definition) is 2. The molecule has 0 atom stereocenters. The predicted octanol–water partition coefficient (Wildman–Crippen LogP) is 4.30. The van der Waals surface area contributed by atoms with Gasteiger partial charge in [0.05, 0.1) is 6.54 Å². The molecule has 2 aromatic rings. The molecular formula is C29H40N4O2. The number of nitrogens with zero attached hydrogens (tertiary/aromatic N) is 2. The van der Waals surface area contributed by atoms with Crippen LogP contribution in [0, 0.1) is 32.6 Å². The van der Waals surface area contributed by atoms with E-state index in [2.05, 4.69) is 40.0 Å². The first-order valence-corrected chi connectivity index (χ1v) is 12.7. The molecule has 0 unspecified atom stereocenters. The lowest BCUT2D eigenvalue weighted by Gasteiger charge is -2.37. The number of anilines is 1. The number of hydrogen-bond acceptors (Lipinski definition) is 4. The van der Waals surface area contributed by atoms with E-state index in [9.17, 15) is 9.59 Å². The monoisotopic (exact) mass is 476 g/mol. The van der Waals surface area contributed by atoms with Gasteiger partial charge >= 0.3 is 0 Å². The van der Waals surface area contributed by atoms with Crippen LogP contribution in [0.2, 0.25) is 0 Å². The van der Waals surface area contributed by atoms with E-state index in [4.69, 9.17) is 0 Å². The lowest BCUT2D eigenvalue weighted by atomic mass is 9.92. The third-order valence-corrected chi connectivity index (χ3v) is 6.84. The number of H-pyrrole nitrogens is 1. The number of aromatic amines is 1. The molecule has 1 aromatic heterocycles. The van der Waals surface area contributed by atoms with Crippen molar-refractivity contribution >= 4 is 11.6 Å². The zero-order valence-electron chi connectivity index (χ0n) is 22.2. The summed E-state index contributed by atoms with van der Waals surface area (Å²) >= 11 is 0. The van der Waals surface area contributed by atoms with Gasteiger partial charge in [0.1, 0.15) is 0 Å². The second-order valence-electron chi connectivity index (χ2n) is 9.91. The van der Waals surface area contributed by atoms with Gasteiger partial charge in [0.25, 0.3) is 11.5 Å². The fourth-order valence-corrected chi connectivity index (χ4v) is 4.99. The fraction of sp³-hybridized carbons (Fsp3) is 0.517. The third-order valence-electron chi connectivity index (χ3n) is 6.84. The molecule has 1 saturated carbocycles. The number of carbonyl (C=O) groups is 1. The van der Waals surface area contributed by atoms with Crippen LogP contribution in [0.5, 0.6) is 0 Å². The minimum atomic E-state index is -0.181. The predicted molar refractivity (Wildman–Crippen MR) is 144 cm³/mol. The van der Waals surface area contributed by atoms with Gasteiger partial charge in [-0.15, -0.1) is 0 Å². The van der Waals surface area contributed by atoms with Crippen molar-refractivity contribution in [2.75, 3.05) is 32.1 Å². The van der Waals surface area contributed by atoms with Crippen LogP contribution in [-0.4, -0.2) is 49.0 Å². The van der Waals surface area contributed by atoms with Crippen molar-refractivity contribution in [3.8, 4) is 11.8 Å². The zero-order chi connectivity index (χ0) is 25.5. The van der Waals surface area contributed by atoms with Gasteiger partial charge in [-0.1, -0.05) is 31.1 Å². The average molecular weight is 477 g/mol. The quantitative estimate of drug-likeness (QED) is 0.585. The molecule has 1 aliphatic rings. The smallest absolute Gasteiger partial charge is 0.253 e. The number of nitrogens with one attached hydrogen (secondary N) is 2. The standard InChI is InChI=1S/C29H40N4O2/c1-7-33(24-13-9-8-10-14-24)27-18-23(12-11-15-32(5)6)17-25(22(27)4)28(34)30-19-26-20(2)16-21(3)31-29(26)35/h16-18,24H,7-10,13-15,19H2,1-6H3,(H,30,34)(H,31,35). The summed E-state index contributed by atoms with van der Waals surface area (Å²) in [5.74, 6) is 6.29. The van der Waals surface area contributed by atoms with Crippen LogP contribution in [0.15, 0.2) is 23.0 Å². The summed E-state index contributed by atoms with van der Waals surface area (Å²) in [6.07, 6.45) is 6.16. The van der Waals surface area contributed by atoms with Crippen LogP contribution in [0.4, 0.5) is 5.69 Å². The molecule has 35 heavy (non-hydrogen) atoms. The minimum Gasteiger partial charge on any atom is -0.369 e. The van der Waals surface area contributed by atoms with Crippen molar-refractivity contribution < 1.29 is 4.79 Å². The lowest BCUT2D eigenvalue weighted by molar-refractivity contribution is 0.0950. The van der Waals surface area contributed by atoms with E-state index in [1.54, 1.807) is 0 Å². The molecule has 6 heteroatoms. The van der Waals surface area contributed by atoms with Crippen LogP contribution >= 0.6 is 0 Å². The molecule has 1 aromatic carbocycles. The number of benzene rings is 1. The second-order valence-corrected chi connectivity index (χ2v) is 9.91. The van der Waals surface area contributed by atoms with Crippen LogP contribution < -0.4 is 15.8 Å². The van der Waals surface area contributed by atoms with Crippen LogP contribution in [0.3, 0.4) is 0 Å². The Kier molecular flexibility index (Phi) is 9.17. The molecule has 0 saturated heterocycles. The summed E-state index contributed by atoms with van der Waals surface area (Å²) < 4.78 is 0. The van der Waals surface area contributed by atoms with Gasteiger partial charge < -0.3 is 15.2 Å². The number of aryl methyl sites for hydroxylation is 2. The molecule has 1 amide bonds. The number of pyridine rings is 1. The van der Waals surface area contributed by atoms with E-state index in [0.29, 0.717) is 23.7 Å². The molecule has 0 radical (unpaired) electrons. The van der Waals surface area contributed by atoms with E-state index in [1.807, 2.05) is 51.9 Å². The molecule has 1 aliphatic carbocycles. The highest BCUT2D eigenvalue weighted by molar-refractivity contribution is 5.97. The summed E-state index contributed by atoms with van der Waals surface area (Å²) in [6.45, 7) is 9.69. The molecule has 2 N–H and O–H groups in total. The second kappa shape index (κ2) is 12.1. The Bertz CT molecular complexity index is 1160. The lowest BCUT2D eigenvalue weighted by Crippen LogP contribution is -2.37. The summed E-state index contributed by atoms with van der Waals surface area (Å²) in [5, 5.41) is 2.99. The highest BCUT2D eigenvalue weighted by Crippen LogP contribution is 2.32. The van der Waals surface area contributed by atoms with E-state index in [1.165, 1.54) is 32.1 Å². The maximum Gasteiger partial charge on any atom is 0.253 e. The minimum absolute atomic E-state index is 0.155. The van der Waals surface area contributed by atoms with E-state index in [0.717, 1.165) is 34.6 Å². The summed E-state index contributed by atoms with van der Waals surface area (Å²) in [4.78, 5) is 33.1. The van der Waals surface area contributed by atoms with Crippen molar-refractivity contribution in [2.45, 2.75) is 72.4 Å². The first kappa shape index (κ1) is 26.6. The Morgan fingerprint density at radius 2 is 1.83 bits per heavy atom. The maximum atomic E-state index is 13.4. The van der Waals surface area contributed by atoms with Crippen molar-refractivity contribution in [1.29, 1.82) is 0 Å². The van der Waals surface area contributed by atoms with Gasteiger partial charge in [-0.05, 0) is 84.0 Å². The molecule has 188 valence electrons. The van der Waals surface area contributed by atoms with Gasteiger partial charge in [0.2, 0.25) is 0 Å². The molecule has 0 bridgehead atoms. The molecule has 3 rings (SSSR count). The molecule has 1 fully saturated rings. The van der Waals surface area contributed by atoms with E-state index >= 15 is 0 Å². The van der Waals surface area contributed by atoms with Gasteiger partial charge in [0, 0.05) is 47.2 Å². The molecule has 6 nitrogen and oxygen atoms in total. The van der Waals surface area contributed by atoms with Gasteiger partial charge in [-0.2, -0.15) is 0 Å². The van der Waals surface area contributed by atoms with Crippen molar-refractivity contribution in [2.24, 2.45) is 0 Å². The Hall–Kier alpha value is -3.04. The Labute approximate surface area is 210 Å². The van der Waals surface area contributed by atoms with Crippen molar-refractivity contribution in [1.82, 2.24) is 15.2 Å². The van der Waals surface area contributed by atoms with Gasteiger partial charge in [0.15, 0.2) is 0 Å². The number of carbonyl (C=O) groups excluding carboxylic acids is 1. The topological polar surface area (TPSA) is 68.4 Å². The van der Waals surface area contributed by atoms with E-state index < -0.39 is 0 Å². The number of amides is 1. The normalized spacial score (nSPS) is 13.9. The van der Waals surface area contributed by atoms with Crippen molar-refractivity contribution in [3.05, 3.63) is 62.1 Å². The third kappa shape index (κ3) is 6.76. The van der Waals surface area contributed by atoms with Crippen LogP contribution in [0.1, 0.15) is 77.3 Å². The Morgan fingerprint density at radius 1 is 1.11 bits per heavy atom. The zero-order valence-corrected chi connectivity index (χ0v) is 22.2. The first-order chi connectivity index (χ1) is 16.7. The highest BCUT2D eigenvalue weighted by atomic mass is 16.1. The molecule has 0 spiro atoms.